The van der Waals surface area contributed by atoms with Gasteiger partial charge in [-0.15, -0.1) is 0 Å². The molecule has 0 atom stereocenters. The van der Waals surface area contributed by atoms with Crippen molar-refractivity contribution < 1.29 is 4.42 Å². The van der Waals surface area contributed by atoms with E-state index >= 15 is 0 Å². The van der Waals surface area contributed by atoms with E-state index in [0.717, 1.165) is 38.5 Å². The van der Waals surface area contributed by atoms with Gasteiger partial charge in [0.2, 0.25) is 0 Å². The van der Waals surface area contributed by atoms with Crippen LogP contribution in [0.2, 0.25) is 5.02 Å². The molecule has 0 bridgehead atoms. The van der Waals surface area contributed by atoms with Crippen molar-refractivity contribution in [1.29, 1.82) is 0 Å². The Hall–Kier alpha value is -3.29. The van der Waals surface area contributed by atoms with E-state index in [-0.39, 0.29) is 0 Å². The lowest BCUT2D eigenvalue weighted by Gasteiger charge is -2.08. The molecule has 0 aliphatic rings. The van der Waals surface area contributed by atoms with Gasteiger partial charge in [0.1, 0.15) is 5.58 Å². The molecule has 132 valence electrons. The minimum absolute atomic E-state index is 0.638. The van der Waals surface area contributed by atoms with Crippen LogP contribution in [0.4, 0.5) is 0 Å². The maximum absolute atomic E-state index is 6.60. The molecule has 0 fully saturated rings. The van der Waals surface area contributed by atoms with Crippen LogP contribution in [-0.2, 0) is 0 Å². The summed E-state index contributed by atoms with van der Waals surface area (Å²) in [5.41, 5.74) is 3.94. The average molecular weight is 379 g/mol. The monoisotopic (exact) mass is 378 g/mol. The molecule has 0 aliphatic heterocycles. The zero-order chi connectivity index (χ0) is 18.7. The Bertz CT molecular complexity index is 1510. The predicted octanol–water partition coefficient (Wildman–Crippen LogP) is 8.21. The van der Waals surface area contributed by atoms with Gasteiger partial charge >= 0.3 is 0 Å². The summed E-state index contributed by atoms with van der Waals surface area (Å²) in [5, 5.41) is 7.58. The molecule has 5 aromatic carbocycles. The summed E-state index contributed by atoms with van der Waals surface area (Å²) in [6, 6.07) is 31.4. The summed E-state index contributed by atoms with van der Waals surface area (Å²) in [4.78, 5) is 0. The van der Waals surface area contributed by atoms with Gasteiger partial charge in [-0.25, -0.2) is 0 Å². The van der Waals surface area contributed by atoms with Gasteiger partial charge in [0.05, 0.1) is 5.02 Å². The third-order valence-corrected chi connectivity index (χ3v) is 5.83. The second kappa shape index (κ2) is 5.85. The van der Waals surface area contributed by atoms with Gasteiger partial charge in [0, 0.05) is 16.2 Å². The van der Waals surface area contributed by atoms with E-state index in [9.17, 15) is 0 Å². The van der Waals surface area contributed by atoms with E-state index < -0.39 is 0 Å². The highest BCUT2D eigenvalue weighted by Gasteiger charge is 2.20. The van der Waals surface area contributed by atoms with Crippen molar-refractivity contribution in [3.05, 3.63) is 96.0 Å². The summed E-state index contributed by atoms with van der Waals surface area (Å²) >= 11 is 6.60. The number of furan rings is 1. The maximum Gasteiger partial charge on any atom is 0.154 e. The molecule has 1 heterocycles. The fourth-order valence-electron chi connectivity index (χ4n) is 4.33. The highest BCUT2D eigenvalue weighted by atomic mass is 35.5. The van der Waals surface area contributed by atoms with Gasteiger partial charge in [-0.3, -0.25) is 0 Å². The van der Waals surface area contributed by atoms with E-state index in [1.54, 1.807) is 0 Å². The fraction of sp³-hybridized carbons (Fsp3) is 0. The van der Waals surface area contributed by atoms with Crippen molar-refractivity contribution in [1.82, 2.24) is 0 Å². The lowest BCUT2D eigenvalue weighted by molar-refractivity contribution is 0.673. The third kappa shape index (κ3) is 2.08. The quantitative estimate of drug-likeness (QED) is 0.263. The van der Waals surface area contributed by atoms with Crippen LogP contribution in [0.25, 0.3) is 54.6 Å². The second-order valence-electron chi connectivity index (χ2n) is 7.06. The molecular weight excluding hydrogens is 364 g/mol. The Morgan fingerprint density at radius 3 is 1.86 bits per heavy atom. The van der Waals surface area contributed by atoms with Crippen molar-refractivity contribution in [2.24, 2.45) is 0 Å². The highest BCUT2D eigenvalue weighted by Crippen LogP contribution is 2.45. The molecule has 0 amide bonds. The van der Waals surface area contributed by atoms with Crippen LogP contribution in [0.5, 0.6) is 0 Å². The fourth-order valence-corrected chi connectivity index (χ4v) is 4.52. The van der Waals surface area contributed by atoms with Crippen molar-refractivity contribution >= 4 is 55.1 Å². The molecule has 0 N–H and O–H groups in total. The lowest BCUT2D eigenvalue weighted by Crippen LogP contribution is -1.82. The first-order valence-electron chi connectivity index (χ1n) is 9.32. The zero-order valence-electron chi connectivity index (χ0n) is 14.9. The molecule has 0 unspecified atom stereocenters. The van der Waals surface area contributed by atoms with Gasteiger partial charge in [-0.05, 0) is 33.4 Å². The number of benzene rings is 5. The first-order valence-corrected chi connectivity index (χ1v) is 9.70. The molecule has 2 heteroatoms. The Balaban J connectivity index is 1.95. The van der Waals surface area contributed by atoms with Crippen molar-refractivity contribution in [3.8, 4) is 11.1 Å². The Kier molecular flexibility index (Phi) is 3.29. The summed E-state index contributed by atoms with van der Waals surface area (Å²) < 4.78 is 6.43. The maximum atomic E-state index is 6.60. The smallest absolute Gasteiger partial charge is 0.154 e. The summed E-state index contributed by atoms with van der Waals surface area (Å²) in [7, 11) is 0. The lowest BCUT2D eigenvalue weighted by atomic mass is 9.94. The summed E-state index contributed by atoms with van der Waals surface area (Å²) in [5.74, 6) is 0. The molecule has 6 aromatic rings. The van der Waals surface area contributed by atoms with E-state index in [1.807, 2.05) is 12.1 Å². The van der Waals surface area contributed by atoms with Crippen molar-refractivity contribution in [2.45, 2.75) is 0 Å². The van der Waals surface area contributed by atoms with Crippen LogP contribution in [0.1, 0.15) is 0 Å². The second-order valence-corrected chi connectivity index (χ2v) is 7.47. The predicted molar refractivity (Wildman–Crippen MR) is 119 cm³/mol. The molecule has 1 nitrogen and oxygen atoms in total. The Labute approximate surface area is 166 Å². The topological polar surface area (TPSA) is 13.1 Å². The number of hydrogen-bond acceptors (Lipinski definition) is 1. The molecule has 0 aliphatic carbocycles. The summed E-state index contributed by atoms with van der Waals surface area (Å²) in [6.07, 6.45) is 0. The van der Waals surface area contributed by atoms with Crippen LogP contribution < -0.4 is 0 Å². The normalized spacial score (nSPS) is 11.8. The van der Waals surface area contributed by atoms with Crippen LogP contribution >= 0.6 is 11.6 Å². The molecular formula is C26H15ClO. The number of hydrogen-bond donors (Lipinski definition) is 0. The Morgan fingerprint density at radius 1 is 0.500 bits per heavy atom. The summed E-state index contributed by atoms with van der Waals surface area (Å²) in [6.45, 7) is 0. The number of halogens is 1. The van der Waals surface area contributed by atoms with Crippen molar-refractivity contribution in [3.63, 3.8) is 0 Å². The average Bonchev–Trinajstić information content (AvgIpc) is 3.17. The minimum atomic E-state index is 0.638. The van der Waals surface area contributed by atoms with Gasteiger partial charge in [0.15, 0.2) is 5.58 Å². The van der Waals surface area contributed by atoms with Gasteiger partial charge in [-0.1, -0.05) is 96.5 Å². The Morgan fingerprint density at radius 2 is 1.11 bits per heavy atom. The first-order chi connectivity index (χ1) is 13.8. The molecule has 0 spiro atoms. The van der Waals surface area contributed by atoms with E-state index in [1.165, 1.54) is 16.2 Å². The number of fused-ring (bicyclic) bond motifs is 8. The van der Waals surface area contributed by atoms with Gasteiger partial charge in [-0.2, -0.15) is 0 Å². The largest absolute Gasteiger partial charge is 0.454 e. The van der Waals surface area contributed by atoms with E-state index in [4.69, 9.17) is 16.0 Å². The molecule has 1 aromatic heterocycles. The highest BCUT2D eigenvalue weighted by molar-refractivity contribution is 6.39. The molecule has 0 saturated heterocycles. The SMILES string of the molecule is Clc1ccc(-c2ccccc2)c2c1oc1c3ccccc3c3ccccc3c12. The van der Waals surface area contributed by atoms with Crippen molar-refractivity contribution in [2.75, 3.05) is 0 Å². The van der Waals surface area contributed by atoms with E-state index in [2.05, 4.69) is 78.9 Å². The van der Waals surface area contributed by atoms with Gasteiger partial charge < -0.3 is 4.42 Å². The van der Waals surface area contributed by atoms with E-state index in [0.29, 0.717) is 5.02 Å². The minimum Gasteiger partial charge on any atom is -0.454 e. The third-order valence-electron chi connectivity index (χ3n) is 5.53. The number of rotatable bonds is 1. The van der Waals surface area contributed by atoms with Gasteiger partial charge in [0.25, 0.3) is 0 Å². The first kappa shape index (κ1) is 15.7. The molecule has 28 heavy (non-hydrogen) atoms. The van der Waals surface area contributed by atoms with Crippen LogP contribution in [0.15, 0.2) is 95.4 Å². The zero-order valence-corrected chi connectivity index (χ0v) is 15.7. The molecule has 6 rings (SSSR count). The van der Waals surface area contributed by atoms with Crippen LogP contribution in [-0.4, -0.2) is 0 Å². The molecule has 0 saturated carbocycles. The van der Waals surface area contributed by atoms with Crippen LogP contribution in [0, 0.1) is 0 Å². The standard InChI is InChI=1S/C26H15ClO/c27-22-15-14-17(16-8-2-1-3-9-16)23-24-20-12-6-4-10-18(20)19-11-5-7-13-21(19)25(24)28-26(22)23/h1-15H. The van der Waals surface area contributed by atoms with Crippen LogP contribution in [0.3, 0.4) is 0 Å². The molecule has 0 radical (unpaired) electrons.